The zero-order chi connectivity index (χ0) is 17.5. The Kier molecular flexibility index (Phi) is 6.12. The maximum Gasteiger partial charge on any atom is 0.228 e. The number of methoxy groups -OCH3 is 1. The smallest absolute Gasteiger partial charge is 0.228 e. The highest BCUT2D eigenvalue weighted by Gasteiger charge is 2.14. The number of rotatable bonds is 8. The molecule has 0 bridgehead atoms. The molecule has 0 aliphatic carbocycles. The lowest BCUT2D eigenvalue weighted by Gasteiger charge is -2.21. The number of anilines is 1. The standard InChI is InChI=1S/C20H21BrN2O2/c1-24-18-10-5-7-16(13-18)15-23(12-6-11-21)20-14-19(22-25-20)17-8-3-2-4-9-17/h2-5,7-10,13-14H,6,11-12,15H2,1H3. The molecule has 1 heterocycles. The number of hydrogen-bond donors (Lipinski definition) is 0. The maximum atomic E-state index is 5.64. The fourth-order valence-electron chi connectivity index (χ4n) is 2.67. The molecule has 3 aromatic rings. The van der Waals surface area contributed by atoms with Crippen LogP contribution in [0.4, 0.5) is 5.88 Å². The highest BCUT2D eigenvalue weighted by atomic mass is 79.9. The van der Waals surface area contributed by atoms with Crippen molar-refractivity contribution in [3.8, 4) is 17.0 Å². The number of hydrogen-bond acceptors (Lipinski definition) is 4. The van der Waals surface area contributed by atoms with Gasteiger partial charge in [0.15, 0.2) is 0 Å². The highest BCUT2D eigenvalue weighted by molar-refractivity contribution is 9.09. The van der Waals surface area contributed by atoms with Gasteiger partial charge < -0.3 is 14.2 Å². The van der Waals surface area contributed by atoms with Crippen molar-refractivity contribution >= 4 is 21.8 Å². The zero-order valence-electron chi connectivity index (χ0n) is 14.2. The molecular formula is C20H21BrN2O2. The fourth-order valence-corrected chi connectivity index (χ4v) is 2.92. The largest absolute Gasteiger partial charge is 0.497 e. The summed E-state index contributed by atoms with van der Waals surface area (Å²) in [5.74, 6) is 1.64. The second-order valence-electron chi connectivity index (χ2n) is 5.73. The van der Waals surface area contributed by atoms with Crippen molar-refractivity contribution in [2.75, 3.05) is 23.9 Å². The lowest BCUT2D eigenvalue weighted by Crippen LogP contribution is -2.23. The SMILES string of the molecule is COc1cccc(CN(CCCBr)c2cc(-c3ccccc3)no2)c1. The van der Waals surface area contributed by atoms with E-state index in [0.717, 1.165) is 47.7 Å². The Balaban J connectivity index is 1.81. The molecular weight excluding hydrogens is 380 g/mol. The minimum atomic E-state index is 0.744. The summed E-state index contributed by atoms with van der Waals surface area (Å²) in [5, 5.41) is 5.18. The summed E-state index contributed by atoms with van der Waals surface area (Å²) in [5.41, 5.74) is 3.08. The minimum Gasteiger partial charge on any atom is -0.497 e. The normalized spacial score (nSPS) is 10.6. The van der Waals surface area contributed by atoms with Crippen molar-refractivity contribution in [1.82, 2.24) is 5.16 Å². The Hall–Kier alpha value is -2.27. The van der Waals surface area contributed by atoms with Crippen LogP contribution >= 0.6 is 15.9 Å². The van der Waals surface area contributed by atoms with E-state index in [-0.39, 0.29) is 0 Å². The molecule has 0 aliphatic rings. The molecule has 1 aromatic heterocycles. The second-order valence-corrected chi connectivity index (χ2v) is 6.53. The number of ether oxygens (including phenoxy) is 1. The van der Waals surface area contributed by atoms with Gasteiger partial charge in [-0.2, -0.15) is 0 Å². The molecule has 0 radical (unpaired) electrons. The maximum absolute atomic E-state index is 5.64. The lowest BCUT2D eigenvalue weighted by molar-refractivity contribution is 0.412. The predicted molar refractivity (Wildman–Crippen MR) is 104 cm³/mol. The second kappa shape index (κ2) is 8.72. The molecule has 0 aliphatic heterocycles. The van der Waals surface area contributed by atoms with Crippen LogP contribution in [0.3, 0.4) is 0 Å². The molecule has 0 unspecified atom stereocenters. The first-order valence-electron chi connectivity index (χ1n) is 8.26. The molecule has 0 N–H and O–H groups in total. The van der Waals surface area contributed by atoms with Gasteiger partial charge in [0.1, 0.15) is 11.4 Å². The molecule has 130 valence electrons. The molecule has 0 saturated carbocycles. The van der Waals surface area contributed by atoms with Gasteiger partial charge in [0.05, 0.1) is 7.11 Å². The van der Waals surface area contributed by atoms with Gasteiger partial charge in [0, 0.05) is 30.0 Å². The van der Waals surface area contributed by atoms with E-state index in [0.29, 0.717) is 0 Å². The average molecular weight is 401 g/mol. The summed E-state index contributed by atoms with van der Waals surface area (Å²) in [6.07, 6.45) is 1.02. The number of alkyl halides is 1. The van der Waals surface area contributed by atoms with Crippen molar-refractivity contribution in [1.29, 1.82) is 0 Å². The van der Waals surface area contributed by atoms with Crippen LogP contribution in [-0.4, -0.2) is 24.1 Å². The Morgan fingerprint density at radius 3 is 2.68 bits per heavy atom. The van der Waals surface area contributed by atoms with E-state index in [1.807, 2.05) is 48.5 Å². The molecule has 4 nitrogen and oxygen atoms in total. The summed E-state index contributed by atoms with van der Waals surface area (Å²) in [4.78, 5) is 2.20. The van der Waals surface area contributed by atoms with Crippen LogP contribution in [-0.2, 0) is 6.54 Å². The van der Waals surface area contributed by atoms with Crippen molar-refractivity contribution in [2.24, 2.45) is 0 Å². The average Bonchev–Trinajstić information content (AvgIpc) is 3.16. The van der Waals surface area contributed by atoms with Crippen LogP contribution in [0, 0.1) is 0 Å². The Bertz CT molecular complexity index is 789. The van der Waals surface area contributed by atoms with Crippen LogP contribution in [0.1, 0.15) is 12.0 Å². The van der Waals surface area contributed by atoms with Crippen molar-refractivity contribution in [2.45, 2.75) is 13.0 Å². The summed E-state index contributed by atoms with van der Waals surface area (Å²) in [7, 11) is 1.68. The van der Waals surface area contributed by atoms with Crippen LogP contribution in [0.25, 0.3) is 11.3 Å². The molecule has 0 saturated heterocycles. The van der Waals surface area contributed by atoms with E-state index in [1.165, 1.54) is 5.56 Å². The van der Waals surface area contributed by atoms with E-state index in [4.69, 9.17) is 9.26 Å². The van der Waals surface area contributed by atoms with Gasteiger partial charge in [-0.1, -0.05) is 63.6 Å². The number of nitrogens with zero attached hydrogens (tertiary/aromatic N) is 2. The monoisotopic (exact) mass is 400 g/mol. The van der Waals surface area contributed by atoms with Crippen LogP contribution < -0.4 is 9.64 Å². The molecule has 0 amide bonds. The van der Waals surface area contributed by atoms with Gasteiger partial charge in [0.2, 0.25) is 5.88 Å². The number of aromatic nitrogens is 1. The molecule has 0 spiro atoms. The fraction of sp³-hybridized carbons (Fsp3) is 0.250. The van der Waals surface area contributed by atoms with E-state index in [1.54, 1.807) is 7.11 Å². The Morgan fingerprint density at radius 1 is 1.08 bits per heavy atom. The van der Waals surface area contributed by atoms with Gasteiger partial charge in [-0.05, 0) is 24.1 Å². The zero-order valence-corrected chi connectivity index (χ0v) is 15.8. The Labute approximate surface area is 156 Å². The number of benzene rings is 2. The topological polar surface area (TPSA) is 38.5 Å². The van der Waals surface area contributed by atoms with Gasteiger partial charge in [0.25, 0.3) is 0 Å². The predicted octanol–water partition coefficient (Wildman–Crippen LogP) is 5.14. The quantitative estimate of drug-likeness (QED) is 0.490. The van der Waals surface area contributed by atoms with Crippen molar-refractivity contribution in [3.05, 3.63) is 66.2 Å². The third kappa shape index (κ3) is 4.63. The summed E-state index contributed by atoms with van der Waals surface area (Å²) < 4.78 is 11.0. The highest BCUT2D eigenvalue weighted by Crippen LogP contribution is 2.26. The van der Waals surface area contributed by atoms with Gasteiger partial charge in [-0.15, -0.1) is 0 Å². The van der Waals surface area contributed by atoms with Crippen molar-refractivity contribution < 1.29 is 9.26 Å². The molecule has 25 heavy (non-hydrogen) atoms. The summed E-state index contributed by atoms with van der Waals surface area (Å²) in [6, 6.07) is 20.2. The molecule has 0 fully saturated rings. The van der Waals surface area contributed by atoms with Gasteiger partial charge in [-0.3, -0.25) is 0 Å². The summed E-state index contributed by atoms with van der Waals surface area (Å²) >= 11 is 3.51. The molecule has 5 heteroatoms. The first-order chi connectivity index (χ1) is 12.3. The number of halogens is 1. The van der Waals surface area contributed by atoms with E-state index in [2.05, 4.69) is 38.1 Å². The van der Waals surface area contributed by atoms with Gasteiger partial charge >= 0.3 is 0 Å². The van der Waals surface area contributed by atoms with Crippen LogP contribution in [0.2, 0.25) is 0 Å². The first kappa shape index (κ1) is 17.5. The molecule has 3 rings (SSSR count). The third-order valence-electron chi connectivity index (χ3n) is 3.95. The third-order valence-corrected chi connectivity index (χ3v) is 4.51. The minimum absolute atomic E-state index is 0.744. The summed E-state index contributed by atoms with van der Waals surface area (Å²) in [6.45, 7) is 1.62. The first-order valence-corrected chi connectivity index (χ1v) is 9.38. The van der Waals surface area contributed by atoms with Crippen molar-refractivity contribution in [3.63, 3.8) is 0 Å². The molecule has 2 aromatic carbocycles. The van der Waals surface area contributed by atoms with Gasteiger partial charge in [-0.25, -0.2) is 0 Å². The van der Waals surface area contributed by atoms with Crippen LogP contribution in [0.15, 0.2) is 65.2 Å². The van der Waals surface area contributed by atoms with Crippen LogP contribution in [0.5, 0.6) is 5.75 Å². The van der Waals surface area contributed by atoms with E-state index < -0.39 is 0 Å². The Morgan fingerprint density at radius 2 is 1.92 bits per heavy atom. The molecule has 0 atom stereocenters. The van der Waals surface area contributed by atoms with E-state index in [9.17, 15) is 0 Å². The van der Waals surface area contributed by atoms with E-state index >= 15 is 0 Å². The lowest BCUT2D eigenvalue weighted by atomic mass is 10.1.